The number of aryl methyl sites for hydroxylation is 2. The van der Waals surface area contributed by atoms with Crippen molar-refractivity contribution in [2.45, 2.75) is 58.5 Å². The van der Waals surface area contributed by atoms with Crippen molar-refractivity contribution >= 4 is 29.3 Å². The van der Waals surface area contributed by atoms with Gasteiger partial charge in [0.1, 0.15) is 5.82 Å². The van der Waals surface area contributed by atoms with E-state index in [0.717, 1.165) is 72.5 Å². The van der Waals surface area contributed by atoms with Crippen molar-refractivity contribution in [2.24, 2.45) is 17.8 Å². The fraction of sp³-hybridized carbons (Fsp3) is 0.593. The van der Waals surface area contributed by atoms with Crippen LogP contribution in [0.25, 0.3) is 0 Å². The van der Waals surface area contributed by atoms with Gasteiger partial charge in [-0.2, -0.15) is 4.98 Å². The van der Waals surface area contributed by atoms with Gasteiger partial charge in [0.2, 0.25) is 5.95 Å². The third kappa shape index (κ3) is 5.12. The molecule has 2 aromatic rings. The number of benzene rings is 1. The van der Waals surface area contributed by atoms with E-state index in [2.05, 4.69) is 39.2 Å². The number of rotatable bonds is 7. The van der Waals surface area contributed by atoms with Gasteiger partial charge in [-0.1, -0.05) is 23.7 Å². The summed E-state index contributed by atoms with van der Waals surface area (Å²) in [4.78, 5) is 25.5. The number of carboxylic acid groups (broad SMARTS) is 1. The molecule has 1 saturated carbocycles. The van der Waals surface area contributed by atoms with Crippen LogP contribution in [-0.2, 0) is 4.79 Å². The zero-order valence-electron chi connectivity index (χ0n) is 20.9. The lowest BCUT2D eigenvalue weighted by atomic mass is 9.76. The van der Waals surface area contributed by atoms with Crippen LogP contribution in [0.3, 0.4) is 0 Å². The molecular formula is C27H36ClN5O2. The molecule has 2 atom stereocenters. The Kier molecular flexibility index (Phi) is 6.91. The standard InChI is InChI=1S/C27H36ClN5O2/c1-16-6-7-23(24(28)9-16)18(3)30-25-17(2)12-29-27(31-25)33-14-21(15-33)19-5-4-8-32(13-19)22-10-20(11-22)26(34)35/h6-7,9,12,18-22H,4-5,8,10-11,13-15H2,1-3H3,(H,34,35)(H,29,30,31)/t18-,19+,20?,22?/m1/s1. The van der Waals surface area contributed by atoms with E-state index in [-0.39, 0.29) is 12.0 Å². The Morgan fingerprint density at radius 1 is 1.20 bits per heavy atom. The smallest absolute Gasteiger partial charge is 0.306 e. The molecule has 2 saturated heterocycles. The number of piperidine rings is 1. The van der Waals surface area contributed by atoms with Gasteiger partial charge in [-0.3, -0.25) is 4.79 Å². The first-order valence-corrected chi connectivity index (χ1v) is 13.2. The highest BCUT2D eigenvalue weighted by Crippen LogP contribution is 2.38. The highest BCUT2D eigenvalue weighted by Gasteiger charge is 2.42. The summed E-state index contributed by atoms with van der Waals surface area (Å²) in [6, 6.07) is 6.66. The predicted octanol–water partition coefficient (Wildman–Crippen LogP) is 4.93. The van der Waals surface area contributed by atoms with Crippen LogP contribution in [0.2, 0.25) is 5.02 Å². The topological polar surface area (TPSA) is 81.6 Å². The molecule has 0 unspecified atom stereocenters. The molecule has 3 aliphatic rings. The molecule has 0 amide bonds. The summed E-state index contributed by atoms with van der Waals surface area (Å²) >= 11 is 6.49. The quantitative estimate of drug-likeness (QED) is 0.561. The molecule has 1 aromatic carbocycles. The molecule has 7 nitrogen and oxygen atoms in total. The molecule has 0 bridgehead atoms. The molecule has 2 N–H and O–H groups in total. The minimum absolute atomic E-state index is 0.0362. The van der Waals surface area contributed by atoms with E-state index in [4.69, 9.17) is 16.6 Å². The predicted molar refractivity (Wildman–Crippen MR) is 139 cm³/mol. The number of anilines is 2. The summed E-state index contributed by atoms with van der Waals surface area (Å²) in [6.45, 7) is 10.4. The highest BCUT2D eigenvalue weighted by molar-refractivity contribution is 6.31. The number of halogens is 1. The van der Waals surface area contributed by atoms with Crippen molar-refractivity contribution in [3.63, 3.8) is 0 Å². The maximum Gasteiger partial charge on any atom is 0.306 e. The first-order chi connectivity index (χ1) is 16.8. The monoisotopic (exact) mass is 497 g/mol. The number of hydrogen-bond acceptors (Lipinski definition) is 6. The lowest BCUT2D eigenvalue weighted by molar-refractivity contribution is -0.147. The van der Waals surface area contributed by atoms with E-state index in [9.17, 15) is 9.90 Å². The average Bonchev–Trinajstić information content (AvgIpc) is 2.74. The summed E-state index contributed by atoms with van der Waals surface area (Å²) in [5.74, 6) is 2.20. The highest BCUT2D eigenvalue weighted by atomic mass is 35.5. The lowest BCUT2D eigenvalue weighted by Crippen LogP contribution is -2.56. The summed E-state index contributed by atoms with van der Waals surface area (Å²) in [5.41, 5.74) is 3.23. The van der Waals surface area contributed by atoms with Gasteiger partial charge in [-0.05, 0) is 82.0 Å². The molecule has 3 fully saturated rings. The van der Waals surface area contributed by atoms with Crippen molar-refractivity contribution in [3.05, 3.63) is 46.1 Å². The van der Waals surface area contributed by atoms with Gasteiger partial charge in [0.25, 0.3) is 0 Å². The molecule has 1 aliphatic carbocycles. The second-order valence-corrected chi connectivity index (χ2v) is 11.2. The SMILES string of the molecule is Cc1ccc([C@@H](C)Nc2nc(N3CC([C@H]4CCCN(C5CC(C(=O)O)C5)C4)C3)ncc2C)c(Cl)c1. The first kappa shape index (κ1) is 24.3. The van der Waals surface area contributed by atoms with E-state index in [1.807, 2.05) is 26.1 Å². The summed E-state index contributed by atoms with van der Waals surface area (Å²) < 4.78 is 0. The fourth-order valence-electron chi connectivity index (χ4n) is 5.82. The average molecular weight is 498 g/mol. The normalized spacial score (nSPS) is 26.1. The molecule has 2 aliphatic heterocycles. The van der Waals surface area contributed by atoms with Crippen LogP contribution in [-0.4, -0.2) is 58.2 Å². The summed E-state index contributed by atoms with van der Waals surface area (Å²) in [7, 11) is 0. The van der Waals surface area contributed by atoms with Crippen LogP contribution in [0.5, 0.6) is 0 Å². The number of likely N-dealkylation sites (tertiary alicyclic amines) is 1. The zero-order valence-corrected chi connectivity index (χ0v) is 21.6. The number of nitrogens with zero attached hydrogens (tertiary/aromatic N) is 4. The Bertz CT molecular complexity index is 1080. The molecule has 3 heterocycles. The second kappa shape index (κ2) is 9.94. The number of hydrogen-bond donors (Lipinski definition) is 2. The molecule has 8 heteroatoms. The van der Waals surface area contributed by atoms with E-state index in [1.54, 1.807) is 0 Å². The molecule has 0 radical (unpaired) electrons. The second-order valence-electron chi connectivity index (χ2n) is 10.8. The van der Waals surface area contributed by atoms with E-state index in [0.29, 0.717) is 17.9 Å². The van der Waals surface area contributed by atoms with Crippen LogP contribution < -0.4 is 10.2 Å². The molecule has 0 spiro atoms. The van der Waals surface area contributed by atoms with Crippen LogP contribution >= 0.6 is 11.6 Å². The van der Waals surface area contributed by atoms with Gasteiger partial charge in [0.05, 0.1) is 12.0 Å². The van der Waals surface area contributed by atoms with Crippen molar-refractivity contribution in [2.75, 3.05) is 36.4 Å². The van der Waals surface area contributed by atoms with E-state index >= 15 is 0 Å². The number of nitrogens with one attached hydrogen (secondary N) is 1. The van der Waals surface area contributed by atoms with Crippen molar-refractivity contribution in [3.8, 4) is 0 Å². The Balaban J connectivity index is 1.17. The van der Waals surface area contributed by atoms with Crippen LogP contribution in [0.4, 0.5) is 11.8 Å². The molecule has 1 aromatic heterocycles. The number of carbonyl (C=O) groups is 1. The van der Waals surface area contributed by atoms with Gasteiger partial charge < -0.3 is 20.2 Å². The van der Waals surface area contributed by atoms with Crippen molar-refractivity contribution < 1.29 is 9.90 Å². The van der Waals surface area contributed by atoms with Crippen LogP contribution in [0, 0.1) is 31.6 Å². The number of aliphatic carboxylic acids is 1. The number of aromatic nitrogens is 2. The Morgan fingerprint density at radius 3 is 2.69 bits per heavy atom. The van der Waals surface area contributed by atoms with Crippen molar-refractivity contribution in [1.29, 1.82) is 0 Å². The number of carboxylic acids is 1. The maximum atomic E-state index is 11.2. The zero-order chi connectivity index (χ0) is 24.7. The maximum absolute atomic E-state index is 11.2. The third-order valence-corrected chi connectivity index (χ3v) is 8.59. The molecule has 5 rings (SSSR count). The Hall–Kier alpha value is -2.38. The minimum atomic E-state index is -0.632. The van der Waals surface area contributed by atoms with E-state index in [1.165, 1.54) is 12.8 Å². The lowest BCUT2D eigenvalue weighted by Gasteiger charge is -2.50. The summed E-state index contributed by atoms with van der Waals surface area (Å²) in [6.07, 6.45) is 6.01. The molecule has 35 heavy (non-hydrogen) atoms. The van der Waals surface area contributed by atoms with Gasteiger partial charge in [-0.25, -0.2) is 4.98 Å². The Labute approximate surface area is 212 Å². The van der Waals surface area contributed by atoms with Crippen LogP contribution in [0.1, 0.15) is 55.3 Å². The largest absolute Gasteiger partial charge is 0.481 e. The summed E-state index contributed by atoms with van der Waals surface area (Å²) in [5, 5.41) is 13.5. The van der Waals surface area contributed by atoms with Crippen molar-refractivity contribution in [1.82, 2.24) is 14.9 Å². The third-order valence-electron chi connectivity index (χ3n) is 8.26. The fourth-order valence-corrected chi connectivity index (χ4v) is 6.21. The van der Waals surface area contributed by atoms with Gasteiger partial charge in [0, 0.05) is 42.5 Å². The van der Waals surface area contributed by atoms with Crippen LogP contribution in [0.15, 0.2) is 24.4 Å². The molecule has 188 valence electrons. The van der Waals surface area contributed by atoms with Gasteiger partial charge in [0.15, 0.2) is 0 Å². The van der Waals surface area contributed by atoms with Gasteiger partial charge in [-0.15, -0.1) is 0 Å². The van der Waals surface area contributed by atoms with Gasteiger partial charge >= 0.3 is 5.97 Å². The first-order valence-electron chi connectivity index (χ1n) is 12.9. The van der Waals surface area contributed by atoms with E-state index < -0.39 is 5.97 Å². The Morgan fingerprint density at radius 2 is 1.97 bits per heavy atom. The molecular weight excluding hydrogens is 462 g/mol. The minimum Gasteiger partial charge on any atom is -0.481 e.